The van der Waals surface area contributed by atoms with Crippen LogP contribution in [-0.2, 0) is 14.8 Å². The van der Waals surface area contributed by atoms with Gasteiger partial charge in [-0.15, -0.1) is 0 Å². The molecule has 6 heteroatoms. The first-order chi connectivity index (χ1) is 8.25. The smallest absolute Gasteiger partial charge is 0.243 e. The van der Waals surface area contributed by atoms with E-state index >= 15 is 0 Å². The molecule has 0 aliphatic rings. The molecule has 2 N–H and O–H groups in total. The van der Waals surface area contributed by atoms with Crippen molar-refractivity contribution < 1.29 is 13.2 Å². The summed E-state index contributed by atoms with van der Waals surface area (Å²) in [6, 6.07) is 6.63. The first kappa shape index (κ1) is 14.7. The predicted molar refractivity (Wildman–Crippen MR) is 69.5 cm³/mol. The summed E-state index contributed by atoms with van der Waals surface area (Å²) in [7, 11) is -2.31. The summed E-state index contributed by atoms with van der Waals surface area (Å²) in [5, 5.41) is 0. The minimum atomic E-state index is -3.64. The van der Waals surface area contributed by atoms with E-state index in [0.717, 1.165) is 9.87 Å². The summed E-state index contributed by atoms with van der Waals surface area (Å²) in [5.74, 6) is -0.343. The zero-order valence-electron chi connectivity index (χ0n) is 10.8. The second-order valence-electron chi connectivity index (χ2n) is 4.45. The summed E-state index contributed by atoms with van der Waals surface area (Å²) < 4.78 is 25.1. The van der Waals surface area contributed by atoms with Gasteiger partial charge < -0.3 is 5.73 Å². The van der Waals surface area contributed by atoms with Crippen molar-refractivity contribution in [3.05, 3.63) is 29.8 Å². The van der Waals surface area contributed by atoms with Crippen molar-refractivity contribution in [2.75, 3.05) is 13.6 Å². The molecule has 0 unspecified atom stereocenters. The Bertz CT molecular complexity index is 521. The molecule has 100 valence electrons. The lowest BCUT2D eigenvalue weighted by molar-refractivity contribution is -0.118. The fraction of sp³-hybridized carbons (Fsp3) is 0.417. The Morgan fingerprint density at radius 1 is 1.28 bits per heavy atom. The highest BCUT2D eigenvalue weighted by Crippen LogP contribution is 2.19. The van der Waals surface area contributed by atoms with Crippen LogP contribution in [0.15, 0.2) is 29.2 Å². The van der Waals surface area contributed by atoms with E-state index in [1.807, 2.05) is 13.8 Å². The molecule has 0 radical (unpaired) electrons. The van der Waals surface area contributed by atoms with Crippen LogP contribution in [0.1, 0.15) is 25.3 Å². The van der Waals surface area contributed by atoms with Crippen molar-refractivity contribution in [3.63, 3.8) is 0 Å². The molecular formula is C12H18N2O3S. The number of primary amides is 1. The van der Waals surface area contributed by atoms with Crippen molar-refractivity contribution in [2.45, 2.75) is 24.7 Å². The van der Waals surface area contributed by atoms with Crippen LogP contribution in [-0.4, -0.2) is 32.2 Å². The highest BCUT2D eigenvalue weighted by Gasteiger charge is 2.21. The van der Waals surface area contributed by atoms with Gasteiger partial charge in [-0.25, -0.2) is 8.42 Å². The van der Waals surface area contributed by atoms with Crippen molar-refractivity contribution in [1.82, 2.24) is 4.31 Å². The molecular weight excluding hydrogens is 252 g/mol. The molecule has 0 aliphatic carbocycles. The fourth-order valence-corrected chi connectivity index (χ4v) is 2.65. The zero-order chi connectivity index (χ0) is 13.9. The second kappa shape index (κ2) is 5.49. The van der Waals surface area contributed by atoms with E-state index < -0.39 is 15.9 Å². The molecule has 1 rings (SSSR count). The molecule has 0 bridgehead atoms. The molecule has 0 spiro atoms. The van der Waals surface area contributed by atoms with Gasteiger partial charge in [-0.2, -0.15) is 4.31 Å². The SMILES string of the molecule is CC(C)c1ccc(S(=O)(=O)N(C)CC(N)=O)cc1. The lowest BCUT2D eigenvalue weighted by Gasteiger charge is -2.15. The van der Waals surface area contributed by atoms with E-state index in [0.29, 0.717) is 5.92 Å². The standard InChI is InChI=1S/C12H18N2O3S/c1-9(2)10-4-6-11(7-5-10)18(16,17)14(3)8-12(13)15/h4-7,9H,8H2,1-3H3,(H2,13,15). The normalized spacial score (nSPS) is 12.1. The molecule has 5 nitrogen and oxygen atoms in total. The number of nitrogens with two attached hydrogens (primary N) is 1. The second-order valence-corrected chi connectivity index (χ2v) is 6.50. The maximum absolute atomic E-state index is 12.1. The highest BCUT2D eigenvalue weighted by molar-refractivity contribution is 7.89. The van der Waals surface area contributed by atoms with E-state index in [1.54, 1.807) is 24.3 Å². The van der Waals surface area contributed by atoms with Gasteiger partial charge in [-0.1, -0.05) is 26.0 Å². The van der Waals surface area contributed by atoms with Gasteiger partial charge in [-0.05, 0) is 23.6 Å². The van der Waals surface area contributed by atoms with Crippen LogP contribution >= 0.6 is 0 Å². The van der Waals surface area contributed by atoms with Crippen molar-refractivity contribution in [1.29, 1.82) is 0 Å². The number of hydrogen-bond acceptors (Lipinski definition) is 3. The topological polar surface area (TPSA) is 80.5 Å². The predicted octanol–water partition coefficient (Wildman–Crippen LogP) is 0.916. The van der Waals surface area contributed by atoms with Gasteiger partial charge in [0.05, 0.1) is 11.4 Å². The molecule has 0 fully saturated rings. The number of hydrogen-bond donors (Lipinski definition) is 1. The lowest BCUT2D eigenvalue weighted by Crippen LogP contribution is -2.35. The molecule has 0 heterocycles. The van der Waals surface area contributed by atoms with E-state index in [-0.39, 0.29) is 11.4 Å². The fourth-order valence-electron chi connectivity index (χ4n) is 1.51. The van der Waals surface area contributed by atoms with Gasteiger partial charge >= 0.3 is 0 Å². The molecule has 18 heavy (non-hydrogen) atoms. The summed E-state index contributed by atoms with van der Waals surface area (Å²) in [5.41, 5.74) is 6.05. The van der Waals surface area contributed by atoms with Gasteiger partial charge in [-0.3, -0.25) is 4.79 Å². The zero-order valence-corrected chi connectivity index (χ0v) is 11.6. The van der Waals surface area contributed by atoms with Crippen LogP contribution in [0.5, 0.6) is 0 Å². The van der Waals surface area contributed by atoms with Gasteiger partial charge in [0.15, 0.2) is 0 Å². The van der Waals surface area contributed by atoms with E-state index in [2.05, 4.69) is 0 Å². The highest BCUT2D eigenvalue weighted by atomic mass is 32.2. The van der Waals surface area contributed by atoms with Gasteiger partial charge in [0.2, 0.25) is 15.9 Å². The number of benzene rings is 1. The van der Waals surface area contributed by atoms with Crippen LogP contribution in [0.2, 0.25) is 0 Å². The average molecular weight is 270 g/mol. The van der Waals surface area contributed by atoms with Crippen LogP contribution in [0, 0.1) is 0 Å². The Morgan fingerprint density at radius 3 is 2.17 bits per heavy atom. The minimum absolute atomic E-state index is 0.163. The van der Waals surface area contributed by atoms with Crippen LogP contribution < -0.4 is 5.73 Å². The number of likely N-dealkylation sites (N-methyl/N-ethyl adjacent to an activating group) is 1. The third-order valence-electron chi connectivity index (χ3n) is 2.63. The molecule has 0 atom stereocenters. The quantitative estimate of drug-likeness (QED) is 0.863. The molecule has 0 saturated heterocycles. The number of sulfonamides is 1. The molecule has 0 aromatic heterocycles. The summed E-state index contributed by atoms with van der Waals surface area (Å²) in [6.07, 6.45) is 0. The van der Waals surface area contributed by atoms with Crippen LogP contribution in [0.25, 0.3) is 0 Å². The summed E-state index contributed by atoms with van der Waals surface area (Å²) in [6.45, 7) is 3.74. The average Bonchev–Trinajstić information content (AvgIpc) is 2.28. The Morgan fingerprint density at radius 2 is 1.78 bits per heavy atom. The van der Waals surface area contributed by atoms with Gasteiger partial charge in [0, 0.05) is 7.05 Å². The lowest BCUT2D eigenvalue weighted by atomic mass is 10.0. The van der Waals surface area contributed by atoms with Crippen molar-refractivity contribution in [2.24, 2.45) is 5.73 Å². The molecule has 0 aliphatic heterocycles. The first-order valence-corrected chi connectivity index (χ1v) is 7.03. The Hall–Kier alpha value is -1.40. The number of nitrogens with zero attached hydrogens (tertiary/aromatic N) is 1. The molecule has 1 aromatic rings. The summed E-state index contributed by atoms with van der Waals surface area (Å²) in [4.78, 5) is 10.9. The summed E-state index contributed by atoms with van der Waals surface area (Å²) >= 11 is 0. The molecule has 1 amide bonds. The number of rotatable bonds is 5. The van der Waals surface area contributed by atoms with Crippen LogP contribution in [0.4, 0.5) is 0 Å². The third-order valence-corrected chi connectivity index (χ3v) is 4.45. The maximum atomic E-state index is 12.1. The monoisotopic (exact) mass is 270 g/mol. The van der Waals surface area contributed by atoms with E-state index in [4.69, 9.17) is 5.73 Å². The maximum Gasteiger partial charge on any atom is 0.243 e. The Kier molecular flexibility index (Phi) is 4.48. The van der Waals surface area contributed by atoms with Crippen molar-refractivity contribution >= 4 is 15.9 Å². The molecule has 1 aromatic carbocycles. The largest absolute Gasteiger partial charge is 0.369 e. The van der Waals surface area contributed by atoms with Crippen LogP contribution in [0.3, 0.4) is 0 Å². The third kappa shape index (κ3) is 3.30. The minimum Gasteiger partial charge on any atom is -0.369 e. The molecule has 0 saturated carbocycles. The van der Waals surface area contributed by atoms with E-state index in [1.165, 1.54) is 7.05 Å². The van der Waals surface area contributed by atoms with Gasteiger partial charge in [0.1, 0.15) is 0 Å². The van der Waals surface area contributed by atoms with E-state index in [9.17, 15) is 13.2 Å². The number of carbonyl (C=O) groups excluding carboxylic acids is 1. The number of amides is 1. The Labute approximate surface area is 108 Å². The van der Waals surface area contributed by atoms with Gasteiger partial charge in [0.25, 0.3) is 0 Å². The first-order valence-electron chi connectivity index (χ1n) is 5.59. The van der Waals surface area contributed by atoms with Crippen molar-refractivity contribution in [3.8, 4) is 0 Å². The Balaban J connectivity index is 3.02. The number of carbonyl (C=O) groups is 1.